The van der Waals surface area contributed by atoms with Crippen LogP contribution in [0.5, 0.6) is 0 Å². The van der Waals surface area contributed by atoms with Crippen molar-refractivity contribution in [2.45, 2.75) is 17.9 Å². The molecular weight excluding hydrogens is 366 g/mol. The summed E-state index contributed by atoms with van der Waals surface area (Å²) in [4.78, 5) is 13.3. The standard InChI is InChI=1S/C12H11BrClN3S2/c1-17(5-8-4-7(13)6-19-8)11-10-9(2-3-18-10)15-12(14)16-11/h4,6H,2-3,5H2,1H3. The van der Waals surface area contributed by atoms with E-state index in [1.807, 2.05) is 18.8 Å². The van der Waals surface area contributed by atoms with Crippen LogP contribution < -0.4 is 4.90 Å². The van der Waals surface area contributed by atoms with Crippen molar-refractivity contribution in [3.05, 3.63) is 31.8 Å². The molecule has 0 N–H and O–H groups in total. The van der Waals surface area contributed by atoms with Crippen LogP contribution in [-0.4, -0.2) is 22.8 Å². The number of nitrogens with zero attached hydrogens (tertiary/aromatic N) is 3. The zero-order valence-corrected chi connectivity index (χ0v) is 14.2. The molecule has 0 aromatic carbocycles. The summed E-state index contributed by atoms with van der Waals surface area (Å²) >= 11 is 13.1. The summed E-state index contributed by atoms with van der Waals surface area (Å²) in [5.74, 6) is 2.01. The van der Waals surface area contributed by atoms with Gasteiger partial charge in [-0.1, -0.05) is 0 Å². The second-order valence-corrected chi connectivity index (χ2v) is 7.63. The Bertz CT molecular complexity index is 617. The highest BCUT2D eigenvalue weighted by Gasteiger charge is 2.22. The number of rotatable bonds is 3. The number of thiophene rings is 1. The van der Waals surface area contributed by atoms with Crippen LogP contribution >= 0.6 is 50.6 Å². The predicted molar refractivity (Wildman–Crippen MR) is 85.6 cm³/mol. The van der Waals surface area contributed by atoms with E-state index in [0.29, 0.717) is 5.28 Å². The average molecular weight is 377 g/mol. The maximum atomic E-state index is 6.02. The Kier molecular flexibility index (Phi) is 4.03. The average Bonchev–Trinajstić information content (AvgIpc) is 2.96. The molecule has 2 aromatic rings. The molecule has 0 atom stereocenters. The quantitative estimate of drug-likeness (QED) is 0.749. The second-order valence-electron chi connectivity index (χ2n) is 4.28. The van der Waals surface area contributed by atoms with Crippen LogP contribution in [0.15, 0.2) is 20.8 Å². The molecule has 19 heavy (non-hydrogen) atoms. The molecule has 0 unspecified atom stereocenters. The lowest BCUT2D eigenvalue weighted by Gasteiger charge is -2.19. The van der Waals surface area contributed by atoms with Gasteiger partial charge in [0.15, 0.2) is 0 Å². The maximum absolute atomic E-state index is 6.02. The van der Waals surface area contributed by atoms with E-state index < -0.39 is 0 Å². The van der Waals surface area contributed by atoms with Gasteiger partial charge in [-0.2, -0.15) is 4.98 Å². The Morgan fingerprint density at radius 2 is 2.32 bits per heavy atom. The molecule has 0 bridgehead atoms. The minimum atomic E-state index is 0.343. The van der Waals surface area contributed by atoms with Gasteiger partial charge in [0.2, 0.25) is 5.28 Å². The smallest absolute Gasteiger partial charge is 0.224 e. The lowest BCUT2D eigenvalue weighted by Crippen LogP contribution is -2.18. The minimum Gasteiger partial charge on any atom is -0.353 e. The van der Waals surface area contributed by atoms with Crippen molar-refractivity contribution >= 4 is 56.4 Å². The lowest BCUT2D eigenvalue weighted by molar-refractivity contribution is 0.864. The Morgan fingerprint density at radius 3 is 3.05 bits per heavy atom. The summed E-state index contributed by atoms with van der Waals surface area (Å²) in [6, 6.07) is 2.14. The third kappa shape index (κ3) is 2.91. The molecule has 100 valence electrons. The van der Waals surface area contributed by atoms with E-state index in [2.05, 4.69) is 42.2 Å². The van der Waals surface area contributed by atoms with E-state index in [1.165, 1.54) is 9.77 Å². The van der Waals surface area contributed by atoms with Gasteiger partial charge in [-0.05, 0) is 33.6 Å². The topological polar surface area (TPSA) is 29.0 Å². The SMILES string of the molecule is CN(Cc1cc(Br)cs1)c1nc(Cl)nc2c1SCC2. The highest BCUT2D eigenvalue weighted by Crippen LogP contribution is 2.38. The van der Waals surface area contributed by atoms with Crippen molar-refractivity contribution in [2.24, 2.45) is 0 Å². The summed E-state index contributed by atoms with van der Waals surface area (Å²) in [7, 11) is 2.05. The number of fused-ring (bicyclic) bond motifs is 1. The number of aromatic nitrogens is 2. The molecule has 0 radical (unpaired) electrons. The number of thioether (sulfide) groups is 1. The Hall–Kier alpha value is -0.300. The Morgan fingerprint density at radius 1 is 1.47 bits per heavy atom. The molecule has 2 aromatic heterocycles. The number of halogens is 2. The number of aryl methyl sites for hydroxylation is 1. The summed E-state index contributed by atoms with van der Waals surface area (Å²) in [6.45, 7) is 0.830. The second kappa shape index (κ2) is 5.60. The third-order valence-electron chi connectivity index (χ3n) is 2.85. The van der Waals surface area contributed by atoms with Gasteiger partial charge in [0.05, 0.1) is 17.1 Å². The summed E-state index contributed by atoms with van der Waals surface area (Å²) in [5, 5.41) is 2.44. The van der Waals surface area contributed by atoms with Crippen LogP contribution in [0, 0.1) is 0 Å². The normalized spacial score (nSPS) is 13.6. The molecule has 0 fully saturated rings. The van der Waals surface area contributed by atoms with E-state index in [4.69, 9.17) is 11.6 Å². The van der Waals surface area contributed by atoms with Gasteiger partial charge in [0.1, 0.15) is 5.82 Å². The fraction of sp³-hybridized carbons (Fsp3) is 0.333. The number of hydrogen-bond donors (Lipinski definition) is 0. The molecular formula is C12H11BrClN3S2. The van der Waals surface area contributed by atoms with Crippen LogP contribution in [0.2, 0.25) is 5.28 Å². The number of anilines is 1. The molecule has 0 saturated heterocycles. The first-order valence-corrected chi connectivity index (χ1v) is 8.80. The fourth-order valence-electron chi connectivity index (χ4n) is 2.03. The van der Waals surface area contributed by atoms with Gasteiger partial charge in [-0.25, -0.2) is 4.98 Å². The zero-order valence-electron chi connectivity index (χ0n) is 10.2. The van der Waals surface area contributed by atoms with Crippen molar-refractivity contribution in [2.75, 3.05) is 17.7 Å². The van der Waals surface area contributed by atoms with Crippen LogP contribution in [0.4, 0.5) is 5.82 Å². The number of hydrogen-bond acceptors (Lipinski definition) is 5. The van der Waals surface area contributed by atoms with Gasteiger partial charge < -0.3 is 4.90 Å². The third-order valence-corrected chi connectivity index (χ3v) is 5.82. The summed E-state index contributed by atoms with van der Waals surface area (Å²) < 4.78 is 1.13. The fourth-order valence-corrected chi connectivity index (χ4v) is 4.86. The van der Waals surface area contributed by atoms with E-state index in [1.54, 1.807) is 11.3 Å². The molecule has 7 heteroatoms. The van der Waals surface area contributed by atoms with Crippen molar-refractivity contribution in [3.63, 3.8) is 0 Å². The lowest BCUT2D eigenvalue weighted by atomic mass is 10.3. The van der Waals surface area contributed by atoms with E-state index in [9.17, 15) is 0 Å². The van der Waals surface area contributed by atoms with Crippen LogP contribution in [0.25, 0.3) is 0 Å². The first-order valence-electron chi connectivity index (χ1n) is 5.77. The van der Waals surface area contributed by atoms with Crippen molar-refractivity contribution in [1.82, 2.24) is 9.97 Å². The monoisotopic (exact) mass is 375 g/mol. The molecule has 0 aliphatic carbocycles. The first-order chi connectivity index (χ1) is 9.13. The molecule has 3 heterocycles. The molecule has 0 amide bonds. The van der Waals surface area contributed by atoms with Crippen molar-refractivity contribution in [3.8, 4) is 0 Å². The molecule has 0 spiro atoms. The van der Waals surface area contributed by atoms with E-state index in [0.717, 1.165) is 34.7 Å². The largest absolute Gasteiger partial charge is 0.353 e. The van der Waals surface area contributed by atoms with Gasteiger partial charge in [0, 0.05) is 34.0 Å². The molecule has 1 aliphatic heterocycles. The summed E-state index contributed by atoms with van der Waals surface area (Å²) in [5.41, 5.74) is 1.08. The van der Waals surface area contributed by atoms with Crippen molar-refractivity contribution < 1.29 is 0 Å². The maximum Gasteiger partial charge on any atom is 0.224 e. The van der Waals surface area contributed by atoms with Gasteiger partial charge in [-0.3, -0.25) is 0 Å². The Labute approximate surface area is 133 Å². The van der Waals surface area contributed by atoms with E-state index in [-0.39, 0.29) is 0 Å². The zero-order chi connectivity index (χ0) is 13.4. The van der Waals surface area contributed by atoms with Crippen LogP contribution in [0.1, 0.15) is 10.6 Å². The highest BCUT2D eigenvalue weighted by atomic mass is 79.9. The first kappa shape index (κ1) is 13.7. The van der Waals surface area contributed by atoms with Gasteiger partial charge >= 0.3 is 0 Å². The minimum absolute atomic E-state index is 0.343. The predicted octanol–water partition coefficient (Wildman–Crippen LogP) is 4.24. The van der Waals surface area contributed by atoms with E-state index >= 15 is 0 Å². The van der Waals surface area contributed by atoms with Crippen LogP contribution in [0.3, 0.4) is 0 Å². The summed E-state index contributed by atoms with van der Waals surface area (Å²) in [6.07, 6.45) is 0.980. The highest BCUT2D eigenvalue weighted by molar-refractivity contribution is 9.10. The molecule has 0 saturated carbocycles. The molecule has 3 nitrogen and oxygen atoms in total. The molecule has 1 aliphatic rings. The van der Waals surface area contributed by atoms with Crippen molar-refractivity contribution in [1.29, 1.82) is 0 Å². The van der Waals surface area contributed by atoms with Gasteiger partial charge in [0.25, 0.3) is 0 Å². The van der Waals surface area contributed by atoms with Gasteiger partial charge in [-0.15, -0.1) is 23.1 Å². The Balaban J connectivity index is 1.89. The van der Waals surface area contributed by atoms with Crippen LogP contribution in [-0.2, 0) is 13.0 Å². The molecule has 3 rings (SSSR count).